The Kier molecular flexibility index (Phi) is 1.92. The SMILES string of the molecule is COC1(OC)CCC(N)=N1. The van der Waals surface area contributed by atoms with Gasteiger partial charge in [-0.3, -0.25) is 0 Å². The standard InChI is InChI=1S/C6H12N2O2/c1-9-6(10-2)4-3-5(7)8-6/h3-4H2,1-2H3,(H2,7,8). The van der Waals surface area contributed by atoms with Crippen LogP contribution in [-0.4, -0.2) is 26.0 Å². The molecule has 0 aromatic rings. The molecule has 0 unspecified atom stereocenters. The van der Waals surface area contributed by atoms with Gasteiger partial charge in [-0.25, -0.2) is 4.99 Å². The minimum Gasteiger partial charge on any atom is -0.387 e. The van der Waals surface area contributed by atoms with Crippen molar-refractivity contribution in [2.45, 2.75) is 18.8 Å². The van der Waals surface area contributed by atoms with Gasteiger partial charge >= 0.3 is 0 Å². The molecular weight excluding hydrogens is 132 g/mol. The summed E-state index contributed by atoms with van der Waals surface area (Å²) in [6.07, 6.45) is 1.47. The summed E-state index contributed by atoms with van der Waals surface area (Å²) < 4.78 is 10.1. The zero-order valence-corrected chi connectivity index (χ0v) is 6.26. The van der Waals surface area contributed by atoms with E-state index in [9.17, 15) is 0 Å². The molecule has 0 aliphatic carbocycles. The summed E-state index contributed by atoms with van der Waals surface area (Å²) >= 11 is 0. The lowest BCUT2D eigenvalue weighted by Crippen LogP contribution is -2.28. The second kappa shape index (κ2) is 2.56. The fraction of sp³-hybridized carbons (Fsp3) is 0.833. The second-order valence-corrected chi connectivity index (χ2v) is 2.22. The molecular formula is C6H12N2O2. The summed E-state index contributed by atoms with van der Waals surface area (Å²) in [6.45, 7) is 0. The molecule has 0 bridgehead atoms. The van der Waals surface area contributed by atoms with Gasteiger partial charge in [-0.2, -0.15) is 0 Å². The lowest BCUT2D eigenvalue weighted by Gasteiger charge is -2.20. The molecule has 0 fully saturated rings. The Labute approximate surface area is 60.0 Å². The minimum atomic E-state index is -0.788. The minimum absolute atomic E-state index is 0.601. The van der Waals surface area contributed by atoms with Crippen LogP contribution in [0.1, 0.15) is 12.8 Å². The summed E-state index contributed by atoms with van der Waals surface area (Å²) in [6, 6.07) is 0. The Morgan fingerprint density at radius 3 is 2.30 bits per heavy atom. The van der Waals surface area contributed by atoms with Crippen molar-refractivity contribution >= 4 is 5.84 Å². The average molecular weight is 144 g/mol. The number of nitrogens with zero attached hydrogens (tertiary/aromatic N) is 1. The third-order valence-corrected chi connectivity index (χ3v) is 1.65. The van der Waals surface area contributed by atoms with Crippen LogP contribution in [0.25, 0.3) is 0 Å². The van der Waals surface area contributed by atoms with Crippen molar-refractivity contribution in [2.75, 3.05) is 14.2 Å². The summed E-state index contributed by atoms with van der Waals surface area (Å²) in [7, 11) is 3.12. The van der Waals surface area contributed by atoms with Gasteiger partial charge in [0.1, 0.15) is 0 Å². The topological polar surface area (TPSA) is 56.8 Å². The number of amidine groups is 1. The van der Waals surface area contributed by atoms with Crippen LogP contribution < -0.4 is 5.73 Å². The lowest BCUT2D eigenvalue weighted by atomic mass is 10.3. The maximum atomic E-state index is 5.45. The van der Waals surface area contributed by atoms with Crippen molar-refractivity contribution in [3.05, 3.63) is 0 Å². The maximum Gasteiger partial charge on any atom is 0.270 e. The molecule has 0 amide bonds. The zero-order chi connectivity index (χ0) is 7.61. The van der Waals surface area contributed by atoms with Crippen LogP contribution in [0.2, 0.25) is 0 Å². The summed E-state index contributed by atoms with van der Waals surface area (Å²) in [5.41, 5.74) is 5.45. The first-order chi connectivity index (χ1) is 4.72. The average Bonchev–Trinajstić information content (AvgIpc) is 2.33. The van der Waals surface area contributed by atoms with Crippen LogP contribution >= 0.6 is 0 Å². The van der Waals surface area contributed by atoms with Gasteiger partial charge in [0.2, 0.25) is 0 Å². The highest BCUT2D eigenvalue weighted by Crippen LogP contribution is 2.25. The predicted octanol–water partition coefficient (Wildman–Crippen LogP) is 0.0840. The largest absolute Gasteiger partial charge is 0.387 e. The summed E-state index contributed by atoms with van der Waals surface area (Å²) in [4.78, 5) is 4.01. The van der Waals surface area contributed by atoms with Crippen molar-refractivity contribution in [1.82, 2.24) is 0 Å². The number of hydrogen-bond donors (Lipinski definition) is 1. The van der Waals surface area contributed by atoms with E-state index in [1.54, 1.807) is 14.2 Å². The van der Waals surface area contributed by atoms with Crippen LogP contribution in [0.4, 0.5) is 0 Å². The molecule has 0 spiro atoms. The van der Waals surface area contributed by atoms with Gasteiger partial charge in [0, 0.05) is 27.1 Å². The zero-order valence-electron chi connectivity index (χ0n) is 6.26. The molecule has 10 heavy (non-hydrogen) atoms. The van der Waals surface area contributed by atoms with Crippen molar-refractivity contribution in [2.24, 2.45) is 10.7 Å². The molecule has 1 rings (SSSR count). The van der Waals surface area contributed by atoms with Gasteiger partial charge < -0.3 is 15.2 Å². The number of ether oxygens (including phenoxy) is 2. The number of aliphatic imine (C=N–C) groups is 1. The van der Waals surface area contributed by atoms with E-state index in [1.165, 1.54) is 0 Å². The maximum absolute atomic E-state index is 5.45. The van der Waals surface area contributed by atoms with Gasteiger partial charge in [-0.15, -0.1) is 0 Å². The Hall–Kier alpha value is -0.610. The second-order valence-electron chi connectivity index (χ2n) is 2.22. The molecule has 1 aliphatic heterocycles. The quantitative estimate of drug-likeness (QED) is 0.558. The van der Waals surface area contributed by atoms with Crippen molar-refractivity contribution in [3.8, 4) is 0 Å². The predicted molar refractivity (Wildman–Crippen MR) is 37.6 cm³/mol. The first-order valence-corrected chi connectivity index (χ1v) is 3.17. The van der Waals surface area contributed by atoms with Gasteiger partial charge in [-0.1, -0.05) is 0 Å². The van der Waals surface area contributed by atoms with E-state index in [0.29, 0.717) is 12.3 Å². The Morgan fingerprint density at radius 1 is 1.50 bits per heavy atom. The third kappa shape index (κ3) is 1.12. The highest BCUT2D eigenvalue weighted by atomic mass is 16.7. The first-order valence-electron chi connectivity index (χ1n) is 3.17. The van der Waals surface area contributed by atoms with E-state index in [4.69, 9.17) is 15.2 Å². The Morgan fingerprint density at radius 2 is 2.10 bits per heavy atom. The number of hydrogen-bond acceptors (Lipinski definition) is 4. The van der Waals surface area contributed by atoms with Crippen LogP contribution in [-0.2, 0) is 9.47 Å². The van der Waals surface area contributed by atoms with Crippen LogP contribution in [0, 0.1) is 0 Å². The van der Waals surface area contributed by atoms with Crippen molar-refractivity contribution in [1.29, 1.82) is 0 Å². The molecule has 0 atom stereocenters. The molecule has 0 saturated heterocycles. The summed E-state index contributed by atoms with van der Waals surface area (Å²) in [5.74, 6) is -0.187. The van der Waals surface area contributed by atoms with E-state index >= 15 is 0 Å². The van der Waals surface area contributed by atoms with E-state index in [-0.39, 0.29) is 0 Å². The Balaban J connectivity index is 2.68. The molecule has 1 aliphatic rings. The fourth-order valence-electron chi connectivity index (χ4n) is 0.995. The number of nitrogens with two attached hydrogens (primary N) is 1. The van der Waals surface area contributed by atoms with Gasteiger partial charge in [0.05, 0.1) is 5.84 Å². The van der Waals surface area contributed by atoms with E-state index < -0.39 is 5.91 Å². The van der Waals surface area contributed by atoms with Crippen LogP contribution in [0.5, 0.6) is 0 Å². The molecule has 1 heterocycles. The van der Waals surface area contributed by atoms with Crippen LogP contribution in [0.3, 0.4) is 0 Å². The smallest absolute Gasteiger partial charge is 0.270 e. The molecule has 2 N–H and O–H groups in total. The van der Waals surface area contributed by atoms with Crippen molar-refractivity contribution in [3.63, 3.8) is 0 Å². The van der Waals surface area contributed by atoms with Gasteiger partial charge in [-0.05, 0) is 0 Å². The van der Waals surface area contributed by atoms with E-state index in [0.717, 1.165) is 6.42 Å². The highest BCUT2D eigenvalue weighted by Gasteiger charge is 2.33. The molecule has 0 aromatic heterocycles. The summed E-state index contributed by atoms with van der Waals surface area (Å²) in [5, 5.41) is 0. The highest BCUT2D eigenvalue weighted by molar-refractivity contribution is 5.82. The normalized spacial score (nSPS) is 22.8. The Bertz CT molecular complexity index is 152. The molecule has 58 valence electrons. The van der Waals surface area contributed by atoms with E-state index in [2.05, 4.69) is 4.99 Å². The van der Waals surface area contributed by atoms with Crippen LogP contribution in [0.15, 0.2) is 4.99 Å². The fourth-order valence-corrected chi connectivity index (χ4v) is 0.995. The van der Waals surface area contributed by atoms with Gasteiger partial charge in [0.25, 0.3) is 5.91 Å². The first kappa shape index (κ1) is 7.50. The number of methoxy groups -OCH3 is 2. The molecule has 4 nitrogen and oxygen atoms in total. The number of rotatable bonds is 2. The monoisotopic (exact) mass is 144 g/mol. The van der Waals surface area contributed by atoms with E-state index in [1.807, 2.05) is 0 Å². The third-order valence-electron chi connectivity index (χ3n) is 1.65. The molecule has 4 heteroatoms. The lowest BCUT2D eigenvalue weighted by molar-refractivity contribution is -0.197. The van der Waals surface area contributed by atoms with Crippen molar-refractivity contribution < 1.29 is 9.47 Å². The molecule has 0 saturated carbocycles. The van der Waals surface area contributed by atoms with Gasteiger partial charge in [0.15, 0.2) is 0 Å². The molecule has 0 aromatic carbocycles. The molecule has 0 radical (unpaired) electrons.